The molecule has 21 heavy (non-hydrogen) atoms. The molecule has 0 N–H and O–H groups in total. The van der Waals surface area contributed by atoms with Crippen LogP contribution in [-0.2, 0) is 15.3 Å². The minimum Gasteiger partial charge on any atom is -0.469 e. The second-order valence-electron chi connectivity index (χ2n) is 5.22. The Balaban J connectivity index is 1.98. The summed E-state index contributed by atoms with van der Waals surface area (Å²) in [6.45, 7) is 1.23. The number of methoxy groups -OCH3 is 1. The van der Waals surface area contributed by atoms with Crippen LogP contribution in [0.1, 0.15) is 28.8 Å². The number of carbonyl (C=O) groups excluding carboxylic acids is 2. The summed E-state index contributed by atoms with van der Waals surface area (Å²) < 4.78 is 4.77. The highest BCUT2D eigenvalue weighted by molar-refractivity contribution is 7.97. The molecular formula is C16H21NO3S. The smallest absolute Gasteiger partial charge is 0.308 e. The van der Waals surface area contributed by atoms with Gasteiger partial charge in [0.25, 0.3) is 5.91 Å². The fourth-order valence-electron chi connectivity index (χ4n) is 2.63. The van der Waals surface area contributed by atoms with E-state index < -0.39 is 0 Å². The van der Waals surface area contributed by atoms with E-state index in [1.807, 2.05) is 35.4 Å². The van der Waals surface area contributed by atoms with Gasteiger partial charge in [-0.2, -0.15) is 11.8 Å². The molecule has 1 aliphatic rings. The maximum Gasteiger partial charge on any atom is 0.308 e. The maximum absolute atomic E-state index is 12.5. The van der Waals surface area contributed by atoms with Gasteiger partial charge in [-0.15, -0.1) is 0 Å². The van der Waals surface area contributed by atoms with Crippen LogP contribution >= 0.6 is 11.8 Å². The van der Waals surface area contributed by atoms with Gasteiger partial charge in [-0.3, -0.25) is 9.59 Å². The Labute approximate surface area is 129 Å². The van der Waals surface area contributed by atoms with Crippen LogP contribution in [0.3, 0.4) is 0 Å². The molecule has 0 aliphatic carbocycles. The van der Waals surface area contributed by atoms with Gasteiger partial charge < -0.3 is 9.64 Å². The van der Waals surface area contributed by atoms with Gasteiger partial charge in [-0.25, -0.2) is 0 Å². The first-order chi connectivity index (χ1) is 10.2. The van der Waals surface area contributed by atoms with Gasteiger partial charge in [0.15, 0.2) is 0 Å². The lowest BCUT2D eigenvalue weighted by Gasteiger charge is -2.30. The van der Waals surface area contributed by atoms with Gasteiger partial charge in [-0.05, 0) is 36.8 Å². The highest BCUT2D eigenvalue weighted by atomic mass is 32.2. The number of thioether (sulfide) groups is 1. The predicted octanol–water partition coefficient (Wildman–Crippen LogP) is 2.57. The fraction of sp³-hybridized carbons (Fsp3) is 0.500. The molecule has 1 heterocycles. The molecule has 5 heteroatoms. The number of amides is 1. The number of nitrogens with zero attached hydrogens (tertiary/aromatic N) is 1. The second-order valence-corrected chi connectivity index (χ2v) is 6.09. The molecular weight excluding hydrogens is 286 g/mol. The first-order valence-electron chi connectivity index (χ1n) is 7.10. The minimum absolute atomic E-state index is 0.0567. The van der Waals surface area contributed by atoms with Crippen molar-refractivity contribution in [2.24, 2.45) is 5.92 Å². The van der Waals surface area contributed by atoms with Crippen molar-refractivity contribution in [3.8, 4) is 0 Å². The molecule has 0 saturated carbocycles. The molecule has 0 radical (unpaired) electrons. The molecule has 0 atom stereocenters. The Bertz CT molecular complexity index is 510. The molecule has 114 valence electrons. The first-order valence-corrected chi connectivity index (χ1v) is 8.50. The van der Waals surface area contributed by atoms with E-state index in [0.717, 1.165) is 16.9 Å². The Kier molecular flexibility index (Phi) is 5.67. The Morgan fingerprint density at radius 3 is 2.67 bits per heavy atom. The van der Waals surface area contributed by atoms with Crippen molar-refractivity contribution >= 4 is 23.6 Å². The maximum atomic E-state index is 12.5. The summed E-state index contributed by atoms with van der Waals surface area (Å²) in [6, 6.07) is 7.79. The molecule has 0 aromatic heterocycles. The normalized spacial score (nSPS) is 15.8. The van der Waals surface area contributed by atoms with Gasteiger partial charge >= 0.3 is 5.97 Å². The summed E-state index contributed by atoms with van der Waals surface area (Å²) in [5.41, 5.74) is 1.90. The SMILES string of the molecule is COC(=O)C1CCN(C(=O)c2cccc(CSC)c2)CC1. The fourth-order valence-corrected chi connectivity index (χ4v) is 3.14. The van der Waals surface area contributed by atoms with Gasteiger partial charge in [-0.1, -0.05) is 12.1 Å². The number of hydrogen-bond donors (Lipinski definition) is 0. The third-order valence-electron chi connectivity index (χ3n) is 3.80. The van der Waals surface area contributed by atoms with Crippen molar-refractivity contribution in [2.75, 3.05) is 26.5 Å². The number of hydrogen-bond acceptors (Lipinski definition) is 4. The Hall–Kier alpha value is -1.49. The van der Waals surface area contributed by atoms with Crippen LogP contribution in [-0.4, -0.2) is 43.2 Å². The summed E-state index contributed by atoms with van der Waals surface area (Å²) in [5, 5.41) is 0. The Morgan fingerprint density at radius 2 is 2.05 bits per heavy atom. The van der Waals surface area contributed by atoms with Crippen LogP contribution in [0.4, 0.5) is 0 Å². The number of rotatable bonds is 4. The predicted molar refractivity (Wildman–Crippen MR) is 84.3 cm³/mol. The van der Waals surface area contributed by atoms with E-state index in [4.69, 9.17) is 4.74 Å². The van der Waals surface area contributed by atoms with Crippen molar-refractivity contribution < 1.29 is 14.3 Å². The second kappa shape index (κ2) is 7.50. The van der Waals surface area contributed by atoms with Crippen molar-refractivity contribution in [1.82, 2.24) is 4.90 Å². The summed E-state index contributed by atoms with van der Waals surface area (Å²) in [7, 11) is 1.41. The molecule has 1 aromatic carbocycles. The Morgan fingerprint density at radius 1 is 1.33 bits per heavy atom. The van der Waals surface area contributed by atoms with Crippen LogP contribution in [0, 0.1) is 5.92 Å². The average molecular weight is 307 g/mol. The molecule has 1 aromatic rings. The van der Waals surface area contributed by atoms with E-state index in [1.54, 1.807) is 11.8 Å². The van der Waals surface area contributed by atoms with Crippen LogP contribution < -0.4 is 0 Å². The highest BCUT2D eigenvalue weighted by Crippen LogP contribution is 2.21. The van der Waals surface area contributed by atoms with Crippen molar-refractivity contribution in [3.05, 3.63) is 35.4 Å². The summed E-state index contributed by atoms with van der Waals surface area (Å²) in [6.07, 6.45) is 3.41. The van der Waals surface area contributed by atoms with Gasteiger partial charge in [0.1, 0.15) is 0 Å². The zero-order chi connectivity index (χ0) is 15.2. The average Bonchev–Trinajstić information content (AvgIpc) is 2.54. The van der Waals surface area contributed by atoms with E-state index in [0.29, 0.717) is 25.9 Å². The van der Waals surface area contributed by atoms with Gasteiger partial charge in [0, 0.05) is 24.4 Å². The molecule has 1 saturated heterocycles. The molecule has 1 amide bonds. The number of likely N-dealkylation sites (tertiary alicyclic amines) is 1. The van der Waals surface area contributed by atoms with Crippen LogP contribution in [0.15, 0.2) is 24.3 Å². The summed E-state index contributed by atoms with van der Waals surface area (Å²) in [4.78, 5) is 25.8. The molecule has 0 bridgehead atoms. The van der Waals surface area contributed by atoms with Crippen LogP contribution in [0.25, 0.3) is 0 Å². The summed E-state index contributed by atoms with van der Waals surface area (Å²) >= 11 is 1.74. The van der Waals surface area contributed by atoms with E-state index in [-0.39, 0.29) is 17.8 Å². The highest BCUT2D eigenvalue weighted by Gasteiger charge is 2.28. The van der Waals surface area contributed by atoms with Crippen molar-refractivity contribution in [3.63, 3.8) is 0 Å². The number of esters is 1. The van der Waals surface area contributed by atoms with Crippen molar-refractivity contribution in [2.45, 2.75) is 18.6 Å². The third-order valence-corrected chi connectivity index (χ3v) is 4.42. The lowest BCUT2D eigenvalue weighted by atomic mass is 9.96. The van der Waals surface area contributed by atoms with Gasteiger partial charge in [0.05, 0.1) is 13.0 Å². The molecule has 1 aliphatic heterocycles. The first kappa shape index (κ1) is 15.9. The molecule has 2 rings (SSSR count). The summed E-state index contributed by atoms with van der Waals surface area (Å²) in [5.74, 6) is 0.734. The molecule has 4 nitrogen and oxygen atoms in total. The zero-order valence-electron chi connectivity index (χ0n) is 12.5. The quantitative estimate of drug-likeness (QED) is 0.802. The molecule has 1 fully saturated rings. The lowest BCUT2D eigenvalue weighted by molar-refractivity contribution is -0.146. The van der Waals surface area contributed by atoms with Crippen molar-refractivity contribution in [1.29, 1.82) is 0 Å². The number of ether oxygens (including phenoxy) is 1. The third kappa shape index (κ3) is 4.00. The molecule has 0 spiro atoms. The van der Waals surface area contributed by atoms with E-state index in [9.17, 15) is 9.59 Å². The standard InChI is InChI=1S/C16H21NO3S/c1-20-16(19)13-6-8-17(9-7-13)15(18)14-5-3-4-12(10-14)11-21-2/h3-5,10,13H,6-9,11H2,1-2H3. The van der Waals surface area contributed by atoms with Gasteiger partial charge in [0.2, 0.25) is 0 Å². The largest absolute Gasteiger partial charge is 0.469 e. The van der Waals surface area contributed by atoms with E-state index >= 15 is 0 Å². The monoisotopic (exact) mass is 307 g/mol. The lowest BCUT2D eigenvalue weighted by Crippen LogP contribution is -2.40. The number of carbonyl (C=O) groups is 2. The topological polar surface area (TPSA) is 46.6 Å². The van der Waals surface area contributed by atoms with E-state index in [2.05, 4.69) is 0 Å². The number of benzene rings is 1. The van der Waals surface area contributed by atoms with Crippen LogP contribution in [0.5, 0.6) is 0 Å². The minimum atomic E-state index is -0.163. The molecule has 0 unspecified atom stereocenters. The zero-order valence-corrected chi connectivity index (χ0v) is 13.3. The van der Waals surface area contributed by atoms with E-state index in [1.165, 1.54) is 7.11 Å². The van der Waals surface area contributed by atoms with Crippen LogP contribution in [0.2, 0.25) is 0 Å². The number of piperidine rings is 1.